The fourth-order valence-electron chi connectivity index (χ4n) is 2.52. The highest BCUT2D eigenvalue weighted by Gasteiger charge is 2.21. The van der Waals surface area contributed by atoms with E-state index in [1.807, 2.05) is 6.07 Å². The molecule has 2 unspecified atom stereocenters. The molecule has 0 amide bonds. The molecule has 1 aliphatic carbocycles. The number of nitrogens with one attached hydrogen (secondary N) is 2. The Labute approximate surface area is 107 Å². The first-order valence-electron chi connectivity index (χ1n) is 6.32. The molecular weight excluding hydrogens is 230 g/mol. The molecule has 0 heterocycles. The fraction of sp³-hybridized carbons (Fsp3) is 0.538. The second kappa shape index (κ2) is 5.25. The van der Waals surface area contributed by atoms with Crippen LogP contribution in [0.5, 0.6) is 0 Å². The van der Waals surface area contributed by atoms with E-state index in [0.717, 1.165) is 30.1 Å². The number of benzene rings is 1. The lowest BCUT2D eigenvalue weighted by Gasteiger charge is -2.14. The molecule has 0 saturated heterocycles. The summed E-state index contributed by atoms with van der Waals surface area (Å²) in [6, 6.07) is 5.49. The minimum Gasteiger partial charge on any atom is -0.388 e. The minimum atomic E-state index is -0.358. The molecule has 1 saturated carbocycles. The molecule has 0 spiro atoms. The number of nitrogens with zero attached hydrogens (tertiary/aromatic N) is 1. The van der Waals surface area contributed by atoms with Crippen molar-refractivity contribution in [1.82, 2.24) is 0 Å². The summed E-state index contributed by atoms with van der Waals surface area (Å²) in [5, 5.41) is 17.2. The van der Waals surface area contributed by atoms with Crippen molar-refractivity contribution in [3.8, 4) is 0 Å². The van der Waals surface area contributed by atoms with Gasteiger partial charge in [-0.2, -0.15) is 0 Å². The molecule has 1 aromatic carbocycles. The highest BCUT2D eigenvalue weighted by molar-refractivity contribution is 5.63. The molecule has 1 aromatic rings. The zero-order valence-corrected chi connectivity index (χ0v) is 10.8. The summed E-state index contributed by atoms with van der Waals surface area (Å²) in [6.45, 7) is 2.24. The van der Waals surface area contributed by atoms with E-state index in [9.17, 15) is 10.1 Å². The second-order valence-electron chi connectivity index (χ2n) is 5.04. The topological polar surface area (TPSA) is 67.2 Å². The zero-order valence-electron chi connectivity index (χ0n) is 10.8. The fourth-order valence-corrected chi connectivity index (χ4v) is 2.52. The second-order valence-corrected chi connectivity index (χ2v) is 5.04. The Morgan fingerprint density at radius 3 is 2.56 bits per heavy atom. The maximum absolute atomic E-state index is 10.9. The van der Waals surface area contributed by atoms with Crippen LogP contribution < -0.4 is 10.6 Å². The van der Waals surface area contributed by atoms with Gasteiger partial charge in [-0.1, -0.05) is 6.92 Å². The predicted octanol–water partition coefficient (Wildman–Crippen LogP) is 3.24. The van der Waals surface area contributed by atoms with Crippen molar-refractivity contribution in [3.05, 3.63) is 28.3 Å². The van der Waals surface area contributed by atoms with E-state index in [4.69, 9.17) is 0 Å². The van der Waals surface area contributed by atoms with Gasteiger partial charge in [0, 0.05) is 36.6 Å². The van der Waals surface area contributed by atoms with Crippen LogP contribution in [0.1, 0.15) is 26.2 Å². The van der Waals surface area contributed by atoms with E-state index < -0.39 is 0 Å². The normalized spacial score (nSPS) is 22.8. The van der Waals surface area contributed by atoms with Crippen LogP contribution in [0.15, 0.2) is 18.2 Å². The first-order chi connectivity index (χ1) is 8.58. The number of nitro benzene ring substituents is 1. The van der Waals surface area contributed by atoms with Crippen molar-refractivity contribution in [3.63, 3.8) is 0 Å². The van der Waals surface area contributed by atoms with Crippen molar-refractivity contribution in [1.29, 1.82) is 0 Å². The Hall–Kier alpha value is -1.78. The molecule has 1 aliphatic rings. The number of anilines is 2. The van der Waals surface area contributed by atoms with Crippen LogP contribution in [0.25, 0.3) is 0 Å². The zero-order chi connectivity index (χ0) is 13.1. The van der Waals surface area contributed by atoms with Gasteiger partial charge in [-0.15, -0.1) is 0 Å². The number of hydrogen-bond donors (Lipinski definition) is 2. The van der Waals surface area contributed by atoms with Crippen molar-refractivity contribution >= 4 is 17.1 Å². The quantitative estimate of drug-likeness (QED) is 0.635. The lowest BCUT2D eigenvalue weighted by molar-refractivity contribution is -0.384. The third-order valence-electron chi connectivity index (χ3n) is 3.48. The largest absolute Gasteiger partial charge is 0.388 e. The van der Waals surface area contributed by atoms with E-state index in [-0.39, 0.29) is 10.6 Å². The summed E-state index contributed by atoms with van der Waals surface area (Å²) in [7, 11) is 1.76. The summed E-state index contributed by atoms with van der Waals surface area (Å²) in [6.07, 6.45) is 3.50. The van der Waals surface area contributed by atoms with Crippen LogP contribution in [-0.4, -0.2) is 18.0 Å². The van der Waals surface area contributed by atoms with Gasteiger partial charge in [0.05, 0.1) is 4.92 Å². The smallest absolute Gasteiger partial charge is 0.273 e. The average molecular weight is 249 g/mol. The number of hydrogen-bond acceptors (Lipinski definition) is 4. The number of rotatable bonds is 4. The van der Waals surface area contributed by atoms with Crippen LogP contribution in [0.2, 0.25) is 0 Å². The van der Waals surface area contributed by atoms with Crippen LogP contribution in [0.4, 0.5) is 17.1 Å². The van der Waals surface area contributed by atoms with Gasteiger partial charge in [-0.05, 0) is 31.2 Å². The molecular formula is C13H19N3O2. The van der Waals surface area contributed by atoms with Crippen LogP contribution >= 0.6 is 0 Å². The molecule has 0 bridgehead atoms. The Morgan fingerprint density at radius 1 is 1.28 bits per heavy atom. The average Bonchev–Trinajstić information content (AvgIpc) is 2.74. The summed E-state index contributed by atoms with van der Waals surface area (Å²) in [5.41, 5.74) is 1.71. The van der Waals surface area contributed by atoms with Crippen molar-refractivity contribution < 1.29 is 4.92 Å². The first-order valence-corrected chi connectivity index (χ1v) is 6.32. The van der Waals surface area contributed by atoms with E-state index in [1.165, 1.54) is 6.42 Å². The van der Waals surface area contributed by atoms with Gasteiger partial charge < -0.3 is 10.6 Å². The third kappa shape index (κ3) is 2.91. The van der Waals surface area contributed by atoms with Crippen molar-refractivity contribution in [2.45, 2.75) is 32.2 Å². The summed E-state index contributed by atoms with van der Waals surface area (Å²) >= 11 is 0. The molecule has 0 aliphatic heterocycles. The maximum Gasteiger partial charge on any atom is 0.273 e. The third-order valence-corrected chi connectivity index (χ3v) is 3.48. The lowest BCUT2D eigenvalue weighted by atomic mass is 10.1. The summed E-state index contributed by atoms with van der Waals surface area (Å²) in [5.74, 6) is 0.741. The van der Waals surface area contributed by atoms with Crippen LogP contribution in [0.3, 0.4) is 0 Å². The maximum atomic E-state index is 10.9. The van der Waals surface area contributed by atoms with Gasteiger partial charge in [0.2, 0.25) is 0 Å². The van der Waals surface area contributed by atoms with Gasteiger partial charge in [-0.3, -0.25) is 10.1 Å². The van der Waals surface area contributed by atoms with Gasteiger partial charge in [-0.25, -0.2) is 0 Å². The Bertz CT molecular complexity index is 448. The van der Waals surface area contributed by atoms with Gasteiger partial charge in [0.15, 0.2) is 0 Å². The molecule has 0 aromatic heterocycles. The van der Waals surface area contributed by atoms with Gasteiger partial charge in [0.25, 0.3) is 5.69 Å². The summed E-state index contributed by atoms with van der Waals surface area (Å²) < 4.78 is 0. The number of nitro groups is 1. The van der Waals surface area contributed by atoms with Gasteiger partial charge in [0.1, 0.15) is 0 Å². The molecule has 18 heavy (non-hydrogen) atoms. The van der Waals surface area contributed by atoms with Gasteiger partial charge >= 0.3 is 0 Å². The Morgan fingerprint density at radius 2 is 2.00 bits per heavy atom. The van der Waals surface area contributed by atoms with Crippen molar-refractivity contribution in [2.24, 2.45) is 5.92 Å². The molecule has 2 rings (SSSR count). The molecule has 0 radical (unpaired) electrons. The highest BCUT2D eigenvalue weighted by Crippen LogP contribution is 2.30. The molecule has 2 atom stereocenters. The SMILES string of the molecule is CNc1cc(NC2CCC(C)C2)cc([N+](=O)[O-])c1. The predicted molar refractivity (Wildman–Crippen MR) is 73.1 cm³/mol. The lowest BCUT2D eigenvalue weighted by Crippen LogP contribution is -2.15. The monoisotopic (exact) mass is 249 g/mol. The number of non-ortho nitro benzene ring substituents is 1. The molecule has 2 N–H and O–H groups in total. The van der Waals surface area contributed by atoms with E-state index in [2.05, 4.69) is 17.6 Å². The van der Waals surface area contributed by atoms with Crippen LogP contribution in [0, 0.1) is 16.0 Å². The van der Waals surface area contributed by atoms with Crippen molar-refractivity contribution in [2.75, 3.05) is 17.7 Å². The summed E-state index contributed by atoms with van der Waals surface area (Å²) in [4.78, 5) is 10.5. The highest BCUT2D eigenvalue weighted by atomic mass is 16.6. The standard InChI is InChI=1S/C13H19N3O2/c1-9-3-4-10(5-9)15-12-6-11(14-2)7-13(8-12)16(17)18/h6-10,14-15H,3-5H2,1-2H3. The van der Waals surface area contributed by atoms with E-state index in [1.54, 1.807) is 19.2 Å². The molecule has 1 fully saturated rings. The Kier molecular flexibility index (Phi) is 3.69. The molecule has 98 valence electrons. The van der Waals surface area contributed by atoms with E-state index >= 15 is 0 Å². The first kappa shape index (κ1) is 12.7. The van der Waals surface area contributed by atoms with E-state index in [0.29, 0.717) is 6.04 Å². The minimum absolute atomic E-state index is 0.121. The Balaban J connectivity index is 2.16. The molecule has 5 heteroatoms. The molecule has 5 nitrogen and oxygen atoms in total. The van der Waals surface area contributed by atoms with Crippen LogP contribution in [-0.2, 0) is 0 Å².